The molecule has 0 amide bonds. The molecule has 0 aromatic heterocycles. The molecule has 1 saturated heterocycles. The third-order valence-electron chi connectivity index (χ3n) is 6.74. The minimum absolute atomic E-state index is 0.0625. The fourth-order valence-corrected chi connectivity index (χ4v) is 5.87. The van der Waals surface area contributed by atoms with Crippen LogP contribution in [-0.4, -0.2) is 40.9 Å². The van der Waals surface area contributed by atoms with E-state index < -0.39 is 0 Å². The van der Waals surface area contributed by atoms with Gasteiger partial charge in [-0.2, -0.15) is 0 Å². The maximum Gasteiger partial charge on any atom is 0.119 e. The Bertz CT molecular complexity index is 667. The van der Waals surface area contributed by atoms with Crippen molar-refractivity contribution in [3.05, 3.63) is 41.0 Å². The molecule has 3 nitrogen and oxygen atoms in total. The molecule has 5 atom stereocenters. The van der Waals surface area contributed by atoms with E-state index in [0.29, 0.717) is 17.7 Å². The van der Waals surface area contributed by atoms with Gasteiger partial charge in [0.15, 0.2) is 0 Å². The van der Waals surface area contributed by atoms with Gasteiger partial charge >= 0.3 is 0 Å². The van der Waals surface area contributed by atoms with Crippen molar-refractivity contribution in [2.24, 2.45) is 11.8 Å². The van der Waals surface area contributed by atoms with Gasteiger partial charge in [0, 0.05) is 23.3 Å². The normalized spacial score (nSPS) is 43.0. The molecule has 4 aliphatic rings. The van der Waals surface area contributed by atoms with Crippen LogP contribution in [0.3, 0.4) is 0 Å². The zero-order valence-corrected chi connectivity index (χ0v) is 12.3. The second-order valence-corrected chi connectivity index (χ2v) is 7.35. The number of rotatable bonds is 0. The highest BCUT2D eigenvalue weighted by atomic mass is 16.3. The Balaban J connectivity index is 1.84. The van der Waals surface area contributed by atoms with Gasteiger partial charge in [0.1, 0.15) is 5.75 Å². The van der Waals surface area contributed by atoms with Crippen molar-refractivity contribution in [2.45, 2.75) is 36.8 Å². The number of aliphatic hydroxyl groups excluding tert-OH is 1. The van der Waals surface area contributed by atoms with Crippen LogP contribution in [0.15, 0.2) is 24.3 Å². The highest BCUT2D eigenvalue weighted by Gasteiger charge is 2.61. The van der Waals surface area contributed by atoms with Crippen molar-refractivity contribution in [2.75, 3.05) is 13.6 Å². The van der Waals surface area contributed by atoms with E-state index in [4.69, 9.17) is 0 Å². The van der Waals surface area contributed by atoms with Gasteiger partial charge in [0.05, 0.1) is 6.10 Å². The molecule has 1 fully saturated rings. The van der Waals surface area contributed by atoms with Gasteiger partial charge in [0.25, 0.3) is 0 Å². The van der Waals surface area contributed by atoms with Crippen LogP contribution >= 0.6 is 0 Å². The van der Waals surface area contributed by atoms with Crippen LogP contribution < -0.4 is 0 Å². The van der Waals surface area contributed by atoms with Gasteiger partial charge in [0.2, 0.25) is 0 Å². The number of likely N-dealkylation sites (N-methyl/N-ethyl adjacent to an activating group) is 1. The molecule has 21 heavy (non-hydrogen) atoms. The molecule has 2 N–H and O–H groups in total. The van der Waals surface area contributed by atoms with Crippen molar-refractivity contribution >= 4 is 0 Å². The molecule has 1 aromatic carbocycles. The number of aromatic hydroxyl groups is 1. The number of benzene rings is 1. The summed E-state index contributed by atoms with van der Waals surface area (Å²) in [5.41, 5.74) is 3.98. The smallest absolute Gasteiger partial charge is 0.119 e. The summed E-state index contributed by atoms with van der Waals surface area (Å²) in [7, 11) is 2.23. The Morgan fingerprint density at radius 1 is 1.24 bits per heavy atom. The number of piperidine rings is 1. The SMILES string of the molecule is CN1CC[C@]23c4c5ccc(O)c4C[C@H]2[C@@H](O)C=CC3[C@H]1C5. The monoisotopic (exact) mass is 283 g/mol. The number of phenolic OH excluding ortho intramolecular Hbond substituents is 1. The molecule has 2 bridgehead atoms. The lowest BCUT2D eigenvalue weighted by Crippen LogP contribution is -2.62. The first-order valence-electron chi connectivity index (χ1n) is 8.04. The summed E-state index contributed by atoms with van der Waals surface area (Å²) in [4.78, 5) is 2.49. The van der Waals surface area contributed by atoms with Gasteiger partial charge in [-0.05, 0) is 55.6 Å². The van der Waals surface area contributed by atoms with Crippen molar-refractivity contribution in [3.8, 4) is 5.75 Å². The summed E-state index contributed by atoms with van der Waals surface area (Å²) in [6.07, 6.45) is 6.90. The Labute approximate surface area is 124 Å². The maximum absolute atomic E-state index is 10.6. The van der Waals surface area contributed by atoms with Crippen LogP contribution in [0.2, 0.25) is 0 Å². The first-order chi connectivity index (χ1) is 10.1. The number of aliphatic hydroxyl groups is 1. The Morgan fingerprint density at radius 3 is 2.95 bits per heavy atom. The topological polar surface area (TPSA) is 43.7 Å². The molecule has 1 unspecified atom stereocenters. The van der Waals surface area contributed by atoms with Crippen LogP contribution in [0.25, 0.3) is 0 Å². The van der Waals surface area contributed by atoms with E-state index in [2.05, 4.69) is 24.1 Å². The summed E-state index contributed by atoms with van der Waals surface area (Å²) >= 11 is 0. The van der Waals surface area contributed by atoms with Gasteiger partial charge < -0.3 is 15.1 Å². The lowest BCUT2D eigenvalue weighted by molar-refractivity contribution is -0.0156. The first kappa shape index (κ1) is 12.2. The van der Waals surface area contributed by atoms with E-state index in [9.17, 15) is 10.2 Å². The van der Waals surface area contributed by atoms with Crippen LogP contribution in [0, 0.1) is 11.8 Å². The Morgan fingerprint density at radius 2 is 2.10 bits per heavy atom. The summed E-state index contributed by atoms with van der Waals surface area (Å²) in [5.74, 6) is 1.16. The third-order valence-corrected chi connectivity index (χ3v) is 6.74. The van der Waals surface area contributed by atoms with Crippen molar-refractivity contribution in [1.29, 1.82) is 0 Å². The average Bonchev–Trinajstić information content (AvgIpc) is 2.83. The predicted molar refractivity (Wildman–Crippen MR) is 80.4 cm³/mol. The maximum atomic E-state index is 10.6. The number of nitrogens with zero attached hydrogens (tertiary/aromatic N) is 1. The van der Waals surface area contributed by atoms with Crippen LogP contribution in [-0.2, 0) is 18.3 Å². The second-order valence-electron chi connectivity index (χ2n) is 7.35. The zero-order chi connectivity index (χ0) is 14.4. The van der Waals surface area contributed by atoms with Crippen molar-refractivity contribution in [3.63, 3.8) is 0 Å². The van der Waals surface area contributed by atoms with E-state index in [1.807, 2.05) is 12.1 Å². The molecular weight excluding hydrogens is 262 g/mol. The predicted octanol–water partition coefficient (Wildman–Crippen LogP) is 1.61. The molecule has 1 spiro atoms. The molecule has 5 rings (SSSR count). The lowest BCUT2D eigenvalue weighted by atomic mass is 9.52. The van der Waals surface area contributed by atoms with Crippen LogP contribution in [0.5, 0.6) is 5.75 Å². The van der Waals surface area contributed by atoms with Gasteiger partial charge in [-0.25, -0.2) is 0 Å². The third kappa shape index (κ3) is 1.24. The van der Waals surface area contributed by atoms with Crippen LogP contribution in [0.1, 0.15) is 23.1 Å². The van der Waals surface area contributed by atoms with E-state index >= 15 is 0 Å². The zero-order valence-electron chi connectivity index (χ0n) is 12.3. The van der Waals surface area contributed by atoms with E-state index in [1.54, 1.807) is 0 Å². The minimum Gasteiger partial charge on any atom is -0.508 e. The summed E-state index contributed by atoms with van der Waals surface area (Å²) < 4.78 is 0. The van der Waals surface area contributed by atoms with Crippen molar-refractivity contribution in [1.82, 2.24) is 4.90 Å². The molecule has 1 aliphatic heterocycles. The lowest BCUT2D eigenvalue weighted by Gasteiger charge is -2.58. The molecular formula is C18H21NO2. The molecule has 1 heterocycles. The number of hydrogen-bond acceptors (Lipinski definition) is 3. The average molecular weight is 283 g/mol. The van der Waals surface area contributed by atoms with Gasteiger partial charge in [-0.3, -0.25) is 0 Å². The molecule has 3 aliphatic carbocycles. The van der Waals surface area contributed by atoms with Crippen LogP contribution in [0.4, 0.5) is 0 Å². The fourth-order valence-electron chi connectivity index (χ4n) is 5.87. The molecule has 3 heteroatoms. The summed E-state index contributed by atoms with van der Waals surface area (Å²) in [6.45, 7) is 1.09. The number of likely N-dealkylation sites (tertiary alicyclic amines) is 1. The standard InChI is InChI=1S/C18H21NO2/c1-19-7-6-18-12-3-5-16(21)13(18)9-11-15(20)4-2-10(17(11)18)8-14(12)19/h2-5,12-14,16,20-21H,6-9H2,1H3/t12?,13-,14+,16-,18+/m0/s1. The molecule has 0 saturated carbocycles. The molecule has 1 aromatic rings. The number of hydrogen-bond donors (Lipinski definition) is 2. The Kier molecular flexibility index (Phi) is 2.16. The molecule has 0 radical (unpaired) electrons. The number of phenols is 1. The highest BCUT2D eigenvalue weighted by molar-refractivity contribution is 5.58. The minimum atomic E-state index is -0.372. The fraction of sp³-hybridized carbons (Fsp3) is 0.556. The first-order valence-corrected chi connectivity index (χ1v) is 8.04. The quantitative estimate of drug-likeness (QED) is 0.711. The van der Waals surface area contributed by atoms with Gasteiger partial charge in [-0.15, -0.1) is 0 Å². The summed E-state index contributed by atoms with van der Waals surface area (Å²) in [6, 6.07) is 4.51. The largest absolute Gasteiger partial charge is 0.508 e. The Hall–Kier alpha value is -1.32. The van der Waals surface area contributed by atoms with E-state index in [1.165, 1.54) is 11.1 Å². The van der Waals surface area contributed by atoms with Gasteiger partial charge in [-0.1, -0.05) is 18.2 Å². The van der Waals surface area contributed by atoms with E-state index in [0.717, 1.165) is 31.4 Å². The molecule has 110 valence electrons. The second kappa shape index (κ2) is 3.71. The highest BCUT2D eigenvalue weighted by Crippen LogP contribution is 2.62. The van der Waals surface area contributed by atoms with E-state index in [-0.39, 0.29) is 17.4 Å². The summed E-state index contributed by atoms with van der Waals surface area (Å²) in [5, 5.41) is 20.9. The van der Waals surface area contributed by atoms with Crippen molar-refractivity contribution < 1.29 is 10.2 Å².